The molecule has 156 valence electrons. The van der Waals surface area contributed by atoms with Crippen molar-refractivity contribution in [1.82, 2.24) is 15.0 Å². The topological polar surface area (TPSA) is 98.6 Å². The van der Waals surface area contributed by atoms with Gasteiger partial charge in [0.25, 0.3) is 0 Å². The molecular formula is C23H20N4O4. The molecule has 1 aromatic heterocycles. The number of methoxy groups -OCH3 is 1. The van der Waals surface area contributed by atoms with Crippen molar-refractivity contribution in [2.45, 2.75) is 6.61 Å². The maximum atomic E-state index is 9.36. The molecule has 0 aliphatic rings. The van der Waals surface area contributed by atoms with Crippen LogP contribution in [0.25, 0.3) is 0 Å². The quantitative estimate of drug-likeness (QED) is 0.426. The maximum absolute atomic E-state index is 9.36. The maximum Gasteiger partial charge on any atom is 0.330 e. The summed E-state index contributed by atoms with van der Waals surface area (Å²) in [6.07, 6.45) is 0. The number of hydrogen-bond donors (Lipinski definition) is 2. The standard InChI is InChI=1S/C23H20N4O4/c1-29-18-10-12-20(13-11-18)31-23-26-21(24-17-7-5-6-16(14-17)15-28)25-22(27-23)30-19-8-3-2-4-9-19/h2-14,28H,15H2,1H3,(H,24,25,26,27). The molecule has 4 rings (SSSR count). The molecule has 0 amide bonds. The Morgan fingerprint density at radius 2 is 1.39 bits per heavy atom. The molecule has 4 aromatic rings. The van der Waals surface area contributed by atoms with Crippen molar-refractivity contribution in [2.75, 3.05) is 12.4 Å². The minimum absolute atomic E-state index is 0.0620. The van der Waals surface area contributed by atoms with E-state index in [4.69, 9.17) is 14.2 Å². The average molecular weight is 416 g/mol. The van der Waals surface area contributed by atoms with Crippen LogP contribution in [0.3, 0.4) is 0 Å². The Balaban J connectivity index is 1.63. The van der Waals surface area contributed by atoms with Gasteiger partial charge in [0.2, 0.25) is 5.95 Å². The van der Waals surface area contributed by atoms with E-state index in [2.05, 4.69) is 20.3 Å². The third-order valence-electron chi connectivity index (χ3n) is 4.18. The molecule has 0 aliphatic carbocycles. The predicted octanol–water partition coefficient (Wildman–Crippen LogP) is 4.70. The monoisotopic (exact) mass is 416 g/mol. The summed E-state index contributed by atoms with van der Waals surface area (Å²) in [6.45, 7) is -0.0685. The second-order valence-electron chi connectivity index (χ2n) is 6.40. The van der Waals surface area contributed by atoms with Gasteiger partial charge in [0.1, 0.15) is 17.2 Å². The zero-order valence-electron chi connectivity index (χ0n) is 16.7. The van der Waals surface area contributed by atoms with Crippen LogP contribution in [0.1, 0.15) is 5.56 Å². The smallest absolute Gasteiger partial charge is 0.330 e. The van der Waals surface area contributed by atoms with Crippen LogP contribution < -0.4 is 19.5 Å². The van der Waals surface area contributed by atoms with Crippen molar-refractivity contribution in [2.24, 2.45) is 0 Å². The van der Waals surface area contributed by atoms with E-state index >= 15 is 0 Å². The summed E-state index contributed by atoms with van der Waals surface area (Å²) in [7, 11) is 1.60. The van der Waals surface area contributed by atoms with E-state index in [-0.39, 0.29) is 24.6 Å². The highest BCUT2D eigenvalue weighted by Crippen LogP contribution is 2.26. The van der Waals surface area contributed by atoms with Crippen LogP contribution in [0.15, 0.2) is 78.9 Å². The second-order valence-corrected chi connectivity index (χ2v) is 6.40. The average Bonchev–Trinajstić information content (AvgIpc) is 2.80. The van der Waals surface area contributed by atoms with E-state index in [0.717, 1.165) is 5.56 Å². The molecule has 3 aromatic carbocycles. The summed E-state index contributed by atoms with van der Waals surface area (Å²) < 4.78 is 16.7. The first-order valence-corrected chi connectivity index (χ1v) is 9.49. The molecule has 1 heterocycles. The van der Waals surface area contributed by atoms with E-state index in [1.165, 1.54) is 0 Å². The minimum Gasteiger partial charge on any atom is -0.497 e. The van der Waals surface area contributed by atoms with Gasteiger partial charge in [0.15, 0.2) is 0 Å². The van der Waals surface area contributed by atoms with Crippen LogP contribution in [-0.4, -0.2) is 27.2 Å². The van der Waals surface area contributed by atoms with Crippen LogP contribution in [0.2, 0.25) is 0 Å². The van der Waals surface area contributed by atoms with Crippen LogP contribution in [0.5, 0.6) is 29.3 Å². The first-order valence-electron chi connectivity index (χ1n) is 9.49. The lowest BCUT2D eigenvalue weighted by Crippen LogP contribution is -2.04. The molecule has 0 saturated carbocycles. The predicted molar refractivity (Wildman–Crippen MR) is 115 cm³/mol. The number of aliphatic hydroxyl groups is 1. The largest absolute Gasteiger partial charge is 0.497 e. The molecule has 0 saturated heterocycles. The number of rotatable bonds is 8. The lowest BCUT2D eigenvalue weighted by molar-refractivity contribution is 0.282. The molecule has 0 atom stereocenters. The van der Waals surface area contributed by atoms with E-state index in [0.29, 0.717) is 22.9 Å². The normalized spacial score (nSPS) is 10.4. The molecular weight excluding hydrogens is 396 g/mol. The van der Waals surface area contributed by atoms with Gasteiger partial charge in [-0.25, -0.2) is 0 Å². The summed E-state index contributed by atoms with van der Waals surface area (Å²) in [5.74, 6) is 2.06. The van der Waals surface area contributed by atoms with Gasteiger partial charge in [-0.2, -0.15) is 9.97 Å². The highest BCUT2D eigenvalue weighted by molar-refractivity contribution is 5.54. The Labute approximate surface area is 179 Å². The molecule has 2 N–H and O–H groups in total. The molecule has 0 fully saturated rings. The minimum atomic E-state index is -0.0685. The van der Waals surface area contributed by atoms with Crippen LogP contribution in [0, 0.1) is 0 Å². The number of benzene rings is 3. The van der Waals surface area contributed by atoms with Crippen molar-refractivity contribution in [1.29, 1.82) is 0 Å². The fraction of sp³-hybridized carbons (Fsp3) is 0.0870. The highest BCUT2D eigenvalue weighted by atomic mass is 16.5. The number of aliphatic hydroxyl groups excluding tert-OH is 1. The summed E-state index contributed by atoms with van der Waals surface area (Å²) in [5, 5.41) is 12.5. The molecule has 0 aliphatic heterocycles. The van der Waals surface area contributed by atoms with Crippen LogP contribution in [-0.2, 0) is 6.61 Å². The third-order valence-corrected chi connectivity index (χ3v) is 4.18. The zero-order chi connectivity index (χ0) is 21.5. The van der Waals surface area contributed by atoms with Crippen LogP contribution in [0.4, 0.5) is 11.6 Å². The van der Waals surface area contributed by atoms with Crippen molar-refractivity contribution in [3.63, 3.8) is 0 Å². The first kappa shape index (κ1) is 20.1. The van der Waals surface area contributed by atoms with E-state index < -0.39 is 0 Å². The number of para-hydroxylation sites is 1. The van der Waals surface area contributed by atoms with E-state index in [1.54, 1.807) is 49.6 Å². The molecule has 31 heavy (non-hydrogen) atoms. The summed E-state index contributed by atoms with van der Waals surface area (Å²) in [6, 6.07) is 23.7. The molecule has 8 nitrogen and oxygen atoms in total. The number of nitrogens with zero attached hydrogens (tertiary/aromatic N) is 3. The lowest BCUT2D eigenvalue weighted by Gasteiger charge is -2.11. The van der Waals surface area contributed by atoms with E-state index in [9.17, 15) is 5.11 Å². The fourth-order valence-corrected chi connectivity index (χ4v) is 2.70. The fourth-order valence-electron chi connectivity index (χ4n) is 2.70. The van der Waals surface area contributed by atoms with Crippen molar-refractivity contribution in [3.05, 3.63) is 84.4 Å². The Morgan fingerprint density at radius 3 is 2.03 bits per heavy atom. The van der Waals surface area contributed by atoms with Gasteiger partial charge in [-0.1, -0.05) is 30.3 Å². The van der Waals surface area contributed by atoms with E-state index in [1.807, 2.05) is 36.4 Å². The number of ether oxygens (including phenoxy) is 3. The first-order chi connectivity index (χ1) is 15.2. The van der Waals surface area contributed by atoms with Gasteiger partial charge >= 0.3 is 12.0 Å². The molecule has 0 unspecified atom stereocenters. The van der Waals surface area contributed by atoms with Gasteiger partial charge in [-0.05, 0) is 54.1 Å². The van der Waals surface area contributed by atoms with Gasteiger partial charge in [-0.3, -0.25) is 0 Å². The lowest BCUT2D eigenvalue weighted by atomic mass is 10.2. The van der Waals surface area contributed by atoms with Gasteiger partial charge < -0.3 is 24.6 Å². The number of anilines is 2. The molecule has 0 radical (unpaired) electrons. The van der Waals surface area contributed by atoms with Gasteiger partial charge in [0.05, 0.1) is 13.7 Å². The Bertz CT molecular complexity index is 1140. The van der Waals surface area contributed by atoms with Crippen LogP contribution >= 0.6 is 0 Å². The number of nitrogens with one attached hydrogen (secondary N) is 1. The van der Waals surface area contributed by atoms with Crippen molar-refractivity contribution >= 4 is 11.6 Å². The Morgan fingerprint density at radius 1 is 0.742 bits per heavy atom. The molecule has 0 bridgehead atoms. The summed E-state index contributed by atoms with van der Waals surface area (Å²) in [5.41, 5.74) is 1.47. The Kier molecular flexibility index (Phi) is 6.20. The highest BCUT2D eigenvalue weighted by Gasteiger charge is 2.12. The number of aromatic nitrogens is 3. The SMILES string of the molecule is COc1ccc(Oc2nc(Nc3cccc(CO)c3)nc(Oc3ccccc3)n2)cc1. The van der Waals surface area contributed by atoms with Crippen molar-refractivity contribution < 1.29 is 19.3 Å². The molecule has 8 heteroatoms. The van der Waals surface area contributed by atoms with Gasteiger partial charge in [0, 0.05) is 5.69 Å². The van der Waals surface area contributed by atoms with Crippen molar-refractivity contribution in [3.8, 4) is 29.3 Å². The molecule has 0 spiro atoms. The number of hydrogen-bond acceptors (Lipinski definition) is 8. The summed E-state index contributed by atoms with van der Waals surface area (Å²) in [4.78, 5) is 12.9. The zero-order valence-corrected chi connectivity index (χ0v) is 16.7. The third kappa shape index (κ3) is 5.46. The summed E-state index contributed by atoms with van der Waals surface area (Å²) >= 11 is 0. The second kappa shape index (κ2) is 9.55. The Hall–Kier alpha value is -4.17. The van der Waals surface area contributed by atoms with Gasteiger partial charge in [-0.15, -0.1) is 4.98 Å².